The lowest BCUT2D eigenvalue weighted by Crippen LogP contribution is -2.09. The number of hydrogen-bond donors (Lipinski definition) is 1. The number of hydrogen-bond acceptors (Lipinski definition) is 5. The standard InChI is InChI=1S/C17H20O5S/c1-12(16-5-4-6-17(18)13(16)2)11-21-14-7-9-15(10-8-14)22-23(3,19)20/h4-10,12,18H,11H2,1-3H3. The predicted octanol–water partition coefficient (Wildman–Crippen LogP) is 3.22. The van der Waals surface area contributed by atoms with Crippen molar-refractivity contribution in [2.75, 3.05) is 12.9 Å². The summed E-state index contributed by atoms with van der Waals surface area (Å²) in [4.78, 5) is 0. The quantitative estimate of drug-likeness (QED) is 0.820. The van der Waals surface area contributed by atoms with Gasteiger partial charge in [-0.1, -0.05) is 19.1 Å². The molecule has 0 fully saturated rings. The lowest BCUT2D eigenvalue weighted by molar-refractivity contribution is 0.295. The Morgan fingerprint density at radius 1 is 1.09 bits per heavy atom. The fourth-order valence-electron chi connectivity index (χ4n) is 2.25. The molecule has 0 spiro atoms. The Morgan fingerprint density at radius 2 is 1.70 bits per heavy atom. The topological polar surface area (TPSA) is 72.8 Å². The predicted molar refractivity (Wildman–Crippen MR) is 88.7 cm³/mol. The molecule has 5 nitrogen and oxygen atoms in total. The van der Waals surface area contributed by atoms with Gasteiger partial charge < -0.3 is 14.0 Å². The van der Waals surface area contributed by atoms with Gasteiger partial charge in [0.2, 0.25) is 0 Å². The van der Waals surface area contributed by atoms with Crippen LogP contribution in [-0.4, -0.2) is 26.4 Å². The Balaban J connectivity index is 1.99. The molecule has 0 aliphatic carbocycles. The molecule has 0 saturated carbocycles. The van der Waals surface area contributed by atoms with Gasteiger partial charge >= 0.3 is 10.1 Å². The van der Waals surface area contributed by atoms with Gasteiger partial charge in [-0.05, 0) is 48.4 Å². The monoisotopic (exact) mass is 336 g/mol. The third-order valence-electron chi connectivity index (χ3n) is 3.45. The maximum atomic E-state index is 11.0. The molecule has 0 aliphatic heterocycles. The van der Waals surface area contributed by atoms with Crippen molar-refractivity contribution in [1.29, 1.82) is 0 Å². The van der Waals surface area contributed by atoms with Crippen molar-refractivity contribution < 1.29 is 22.4 Å². The zero-order valence-corrected chi connectivity index (χ0v) is 14.1. The van der Waals surface area contributed by atoms with Gasteiger partial charge in [0, 0.05) is 5.92 Å². The lowest BCUT2D eigenvalue weighted by Gasteiger charge is -2.16. The largest absolute Gasteiger partial charge is 0.508 e. The summed E-state index contributed by atoms with van der Waals surface area (Å²) in [5.74, 6) is 1.25. The Hall–Kier alpha value is -2.21. The van der Waals surface area contributed by atoms with Crippen molar-refractivity contribution in [2.45, 2.75) is 19.8 Å². The first-order valence-electron chi connectivity index (χ1n) is 7.17. The summed E-state index contributed by atoms with van der Waals surface area (Å²) in [6, 6.07) is 11.8. The molecular weight excluding hydrogens is 316 g/mol. The highest BCUT2D eigenvalue weighted by Crippen LogP contribution is 2.27. The molecule has 1 unspecified atom stereocenters. The molecule has 2 aromatic rings. The van der Waals surface area contributed by atoms with Crippen LogP contribution in [0, 0.1) is 6.92 Å². The van der Waals surface area contributed by atoms with Crippen molar-refractivity contribution in [3.8, 4) is 17.2 Å². The second kappa shape index (κ2) is 6.91. The average Bonchev–Trinajstić information content (AvgIpc) is 2.47. The minimum atomic E-state index is -3.53. The fourth-order valence-corrected chi connectivity index (χ4v) is 2.71. The van der Waals surface area contributed by atoms with Gasteiger partial charge in [0.25, 0.3) is 0 Å². The van der Waals surface area contributed by atoms with Crippen molar-refractivity contribution in [1.82, 2.24) is 0 Å². The van der Waals surface area contributed by atoms with Gasteiger partial charge in [-0.25, -0.2) is 0 Å². The van der Waals surface area contributed by atoms with Crippen LogP contribution < -0.4 is 8.92 Å². The maximum absolute atomic E-state index is 11.0. The summed E-state index contributed by atoms with van der Waals surface area (Å²) in [5.41, 5.74) is 1.88. The molecule has 2 aromatic carbocycles. The summed E-state index contributed by atoms with van der Waals surface area (Å²) in [6.07, 6.45) is 0.997. The molecule has 23 heavy (non-hydrogen) atoms. The van der Waals surface area contributed by atoms with Crippen LogP contribution in [0.5, 0.6) is 17.2 Å². The van der Waals surface area contributed by atoms with Crippen LogP contribution in [0.25, 0.3) is 0 Å². The van der Waals surface area contributed by atoms with Gasteiger partial charge in [0.15, 0.2) is 0 Å². The van der Waals surface area contributed by atoms with Crippen molar-refractivity contribution in [3.63, 3.8) is 0 Å². The summed E-state index contributed by atoms with van der Waals surface area (Å²) in [5, 5.41) is 9.75. The summed E-state index contributed by atoms with van der Waals surface area (Å²) in [7, 11) is -3.53. The molecule has 0 aromatic heterocycles. The van der Waals surface area contributed by atoms with Crippen LogP contribution >= 0.6 is 0 Å². The highest BCUT2D eigenvalue weighted by Gasteiger charge is 2.12. The molecule has 0 amide bonds. The second-order valence-electron chi connectivity index (χ2n) is 5.46. The van der Waals surface area contributed by atoms with Crippen LogP contribution in [0.15, 0.2) is 42.5 Å². The number of rotatable bonds is 6. The molecule has 1 N–H and O–H groups in total. The number of aromatic hydroxyl groups is 1. The maximum Gasteiger partial charge on any atom is 0.306 e. The Morgan fingerprint density at radius 3 is 2.30 bits per heavy atom. The van der Waals surface area contributed by atoms with Crippen LogP contribution in [-0.2, 0) is 10.1 Å². The van der Waals surface area contributed by atoms with Gasteiger partial charge in [0.1, 0.15) is 17.2 Å². The Labute approximate surface area is 136 Å². The Kier molecular flexibility index (Phi) is 5.15. The average molecular weight is 336 g/mol. The van der Waals surface area contributed by atoms with Crippen LogP contribution in [0.4, 0.5) is 0 Å². The molecule has 6 heteroatoms. The SMILES string of the molecule is Cc1c(O)cccc1C(C)COc1ccc(OS(C)(=O)=O)cc1. The fraction of sp³-hybridized carbons (Fsp3) is 0.294. The van der Waals surface area contributed by atoms with Crippen LogP contribution in [0.2, 0.25) is 0 Å². The van der Waals surface area contributed by atoms with Crippen LogP contribution in [0.3, 0.4) is 0 Å². The van der Waals surface area contributed by atoms with E-state index in [0.717, 1.165) is 17.4 Å². The van der Waals surface area contributed by atoms with E-state index < -0.39 is 10.1 Å². The van der Waals surface area contributed by atoms with E-state index in [1.54, 1.807) is 30.3 Å². The molecule has 0 radical (unpaired) electrons. The van der Waals surface area contributed by atoms with Crippen LogP contribution in [0.1, 0.15) is 24.0 Å². The van der Waals surface area contributed by atoms with Gasteiger partial charge in [-0.3, -0.25) is 0 Å². The number of benzene rings is 2. The van der Waals surface area contributed by atoms with E-state index in [9.17, 15) is 13.5 Å². The van der Waals surface area contributed by atoms with E-state index in [-0.39, 0.29) is 17.4 Å². The first-order valence-corrected chi connectivity index (χ1v) is 8.98. The summed E-state index contributed by atoms with van der Waals surface area (Å²) < 4.78 is 32.6. The molecule has 0 aliphatic rings. The lowest BCUT2D eigenvalue weighted by atomic mass is 9.96. The van der Waals surface area contributed by atoms with E-state index in [0.29, 0.717) is 12.4 Å². The highest BCUT2D eigenvalue weighted by molar-refractivity contribution is 7.86. The molecule has 1 atom stereocenters. The van der Waals surface area contributed by atoms with Gasteiger partial charge in [-0.2, -0.15) is 8.42 Å². The molecule has 0 heterocycles. The highest BCUT2D eigenvalue weighted by atomic mass is 32.2. The normalized spacial score (nSPS) is 12.7. The minimum Gasteiger partial charge on any atom is -0.508 e. The minimum absolute atomic E-state index is 0.106. The smallest absolute Gasteiger partial charge is 0.306 e. The zero-order valence-electron chi connectivity index (χ0n) is 13.3. The first kappa shape index (κ1) is 17.1. The van der Waals surface area contributed by atoms with Crippen molar-refractivity contribution in [2.24, 2.45) is 0 Å². The number of ether oxygens (including phenoxy) is 1. The molecule has 0 saturated heterocycles. The molecule has 124 valence electrons. The number of phenolic OH excluding ortho intramolecular Hbond substituents is 1. The van der Waals surface area contributed by atoms with E-state index in [1.807, 2.05) is 26.0 Å². The third-order valence-corrected chi connectivity index (χ3v) is 3.94. The van der Waals surface area contributed by atoms with E-state index in [4.69, 9.17) is 8.92 Å². The first-order chi connectivity index (χ1) is 10.8. The zero-order chi connectivity index (χ0) is 17.0. The molecular formula is C17H20O5S. The Bertz CT molecular complexity index is 766. The summed E-state index contributed by atoms with van der Waals surface area (Å²) >= 11 is 0. The molecule has 2 rings (SSSR count). The third kappa shape index (κ3) is 4.89. The van der Waals surface area contributed by atoms with E-state index >= 15 is 0 Å². The number of phenols is 1. The van der Waals surface area contributed by atoms with Gasteiger partial charge in [0.05, 0.1) is 12.9 Å². The molecule has 0 bridgehead atoms. The second-order valence-corrected chi connectivity index (χ2v) is 7.04. The van der Waals surface area contributed by atoms with E-state index in [2.05, 4.69) is 0 Å². The van der Waals surface area contributed by atoms with Gasteiger partial charge in [-0.15, -0.1) is 0 Å². The van der Waals surface area contributed by atoms with E-state index in [1.165, 1.54) is 0 Å². The van der Waals surface area contributed by atoms with Crippen molar-refractivity contribution >= 4 is 10.1 Å². The van der Waals surface area contributed by atoms with Crippen molar-refractivity contribution in [3.05, 3.63) is 53.6 Å². The summed E-state index contributed by atoms with van der Waals surface area (Å²) in [6.45, 7) is 4.33.